The number of benzene rings is 1. The first kappa shape index (κ1) is 17.4. The van der Waals surface area contributed by atoms with Gasteiger partial charge >= 0.3 is 10.1 Å². The van der Waals surface area contributed by atoms with E-state index in [-0.39, 0.29) is 11.8 Å². The summed E-state index contributed by atoms with van der Waals surface area (Å²) in [6, 6.07) is 9.86. The van der Waals surface area contributed by atoms with Crippen LogP contribution >= 0.6 is 11.3 Å². The van der Waals surface area contributed by atoms with Crippen LogP contribution in [-0.2, 0) is 25.5 Å². The van der Waals surface area contributed by atoms with E-state index in [1.54, 1.807) is 0 Å². The summed E-state index contributed by atoms with van der Waals surface area (Å²) in [4.78, 5) is 7.87. The van der Waals surface area contributed by atoms with Gasteiger partial charge in [0.2, 0.25) is 0 Å². The first-order valence-corrected chi connectivity index (χ1v) is 11.5. The molecule has 1 aromatic carbocycles. The van der Waals surface area contributed by atoms with Crippen LogP contribution < -0.4 is 0 Å². The van der Waals surface area contributed by atoms with Crippen molar-refractivity contribution in [2.24, 2.45) is 0 Å². The number of hydrogen-bond donors (Lipinski definition) is 0. The molecule has 6 nitrogen and oxygen atoms in total. The standard InChI is InChI=1S/C19H20N2O4S2/c22-27(23)12-16(21-8-10-24-11-9-21)14-6-7-15-18(17(14)25-27)26-19(20-15)13-4-2-1-3-5-13/h1-5,16H,6-12H2/t16-/m1/s1. The van der Waals surface area contributed by atoms with Gasteiger partial charge in [0.05, 0.1) is 29.8 Å². The average molecular weight is 405 g/mol. The van der Waals surface area contributed by atoms with E-state index in [2.05, 4.69) is 4.90 Å². The summed E-state index contributed by atoms with van der Waals surface area (Å²) in [5, 5.41) is 0.906. The van der Waals surface area contributed by atoms with E-state index in [9.17, 15) is 8.42 Å². The Morgan fingerprint density at radius 2 is 1.89 bits per heavy atom. The third-order valence-corrected chi connectivity index (χ3v) is 7.60. The van der Waals surface area contributed by atoms with Crippen LogP contribution in [0.2, 0.25) is 0 Å². The van der Waals surface area contributed by atoms with Crippen molar-refractivity contribution < 1.29 is 17.3 Å². The predicted molar refractivity (Wildman–Crippen MR) is 104 cm³/mol. The molecule has 0 amide bonds. The van der Waals surface area contributed by atoms with Gasteiger partial charge in [0.25, 0.3) is 0 Å². The molecule has 1 atom stereocenters. The Morgan fingerprint density at radius 1 is 1.11 bits per heavy atom. The van der Waals surface area contributed by atoms with E-state index < -0.39 is 10.1 Å². The molecule has 8 heteroatoms. The van der Waals surface area contributed by atoms with Crippen molar-refractivity contribution in [2.75, 3.05) is 32.1 Å². The molecule has 0 radical (unpaired) electrons. The second-order valence-corrected chi connectivity index (χ2v) is 9.60. The van der Waals surface area contributed by atoms with Crippen LogP contribution in [0.25, 0.3) is 16.3 Å². The van der Waals surface area contributed by atoms with Gasteiger partial charge in [0, 0.05) is 18.7 Å². The van der Waals surface area contributed by atoms with E-state index in [0.29, 0.717) is 19.0 Å². The third kappa shape index (κ3) is 3.20. The smallest absolute Gasteiger partial charge is 0.311 e. The van der Waals surface area contributed by atoms with Crippen LogP contribution in [-0.4, -0.2) is 56.4 Å². The SMILES string of the molecule is O=S1(=O)C[C@@H](N2CCOCC2)C2=C(O1)c1sc(-c3ccccc3)nc1CC2. The molecule has 0 saturated carbocycles. The molecule has 1 saturated heterocycles. The fourth-order valence-corrected chi connectivity index (χ4v) is 6.49. The molecule has 1 fully saturated rings. The summed E-state index contributed by atoms with van der Waals surface area (Å²) < 4.78 is 36.0. The van der Waals surface area contributed by atoms with Crippen molar-refractivity contribution in [3.63, 3.8) is 0 Å². The minimum atomic E-state index is -3.61. The van der Waals surface area contributed by atoms with Crippen LogP contribution in [0.3, 0.4) is 0 Å². The topological polar surface area (TPSA) is 68.7 Å². The lowest BCUT2D eigenvalue weighted by Crippen LogP contribution is -2.49. The molecule has 1 aromatic heterocycles. The molecule has 0 bridgehead atoms. The molecular weight excluding hydrogens is 384 g/mol. The summed E-state index contributed by atoms with van der Waals surface area (Å²) in [5.74, 6) is 0.546. The van der Waals surface area contributed by atoms with Crippen molar-refractivity contribution in [1.82, 2.24) is 9.88 Å². The molecule has 27 heavy (non-hydrogen) atoms. The van der Waals surface area contributed by atoms with Gasteiger partial charge in [-0.3, -0.25) is 4.90 Å². The number of thiazole rings is 1. The lowest BCUT2D eigenvalue weighted by Gasteiger charge is -2.39. The van der Waals surface area contributed by atoms with Gasteiger partial charge in [0.1, 0.15) is 10.8 Å². The number of hydrogen-bond acceptors (Lipinski definition) is 7. The summed E-state index contributed by atoms with van der Waals surface area (Å²) in [6.07, 6.45) is 1.61. The van der Waals surface area contributed by atoms with Gasteiger partial charge < -0.3 is 8.92 Å². The highest BCUT2D eigenvalue weighted by atomic mass is 32.2. The molecule has 0 N–H and O–H groups in total. The minimum absolute atomic E-state index is 0.0194. The number of aromatic nitrogens is 1. The zero-order valence-electron chi connectivity index (χ0n) is 14.8. The molecule has 3 heterocycles. The first-order chi connectivity index (χ1) is 13.1. The summed E-state index contributed by atoms with van der Waals surface area (Å²) in [7, 11) is -3.61. The molecule has 0 spiro atoms. The maximum absolute atomic E-state index is 12.5. The van der Waals surface area contributed by atoms with E-state index in [4.69, 9.17) is 13.9 Å². The Bertz CT molecular complexity index is 992. The van der Waals surface area contributed by atoms with Gasteiger partial charge in [0.15, 0.2) is 5.76 Å². The molecule has 3 aliphatic rings. The normalized spacial score (nSPS) is 24.8. The largest absolute Gasteiger partial charge is 0.381 e. The van der Waals surface area contributed by atoms with E-state index in [0.717, 1.165) is 52.6 Å². The van der Waals surface area contributed by atoms with Crippen molar-refractivity contribution >= 4 is 27.2 Å². The Morgan fingerprint density at radius 3 is 2.67 bits per heavy atom. The monoisotopic (exact) mass is 404 g/mol. The van der Waals surface area contributed by atoms with E-state index >= 15 is 0 Å². The summed E-state index contributed by atoms with van der Waals surface area (Å²) >= 11 is 1.52. The predicted octanol–water partition coefficient (Wildman–Crippen LogP) is 2.53. The Labute approximate surface area is 162 Å². The van der Waals surface area contributed by atoms with Crippen LogP contribution in [0.5, 0.6) is 0 Å². The first-order valence-electron chi connectivity index (χ1n) is 9.13. The number of rotatable bonds is 2. The third-order valence-electron chi connectivity index (χ3n) is 5.31. The van der Waals surface area contributed by atoms with Gasteiger partial charge in [-0.05, 0) is 18.4 Å². The average Bonchev–Trinajstić information content (AvgIpc) is 3.13. The summed E-state index contributed by atoms with van der Waals surface area (Å²) in [6.45, 7) is 2.79. The van der Waals surface area contributed by atoms with Gasteiger partial charge in [-0.15, -0.1) is 11.3 Å². The van der Waals surface area contributed by atoms with E-state index in [1.165, 1.54) is 11.3 Å². The molecular formula is C19H20N2O4S2. The van der Waals surface area contributed by atoms with Crippen molar-refractivity contribution in [3.05, 3.63) is 46.5 Å². The summed E-state index contributed by atoms with van der Waals surface area (Å²) in [5.41, 5.74) is 3.08. The number of nitrogens with zero attached hydrogens (tertiary/aromatic N) is 2. The highest BCUT2D eigenvalue weighted by Crippen LogP contribution is 2.44. The number of aryl methyl sites for hydroxylation is 1. The number of ether oxygens (including phenoxy) is 1. The molecule has 2 aliphatic heterocycles. The van der Waals surface area contributed by atoms with E-state index in [1.807, 2.05) is 30.3 Å². The Hall–Kier alpha value is -1.74. The Kier molecular flexibility index (Phi) is 4.31. The van der Waals surface area contributed by atoms with Crippen molar-refractivity contribution in [1.29, 1.82) is 0 Å². The number of fused-ring (bicyclic) bond motifs is 2. The second kappa shape index (κ2) is 6.70. The lowest BCUT2D eigenvalue weighted by atomic mass is 9.93. The number of morpholine rings is 1. The minimum Gasteiger partial charge on any atom is -0.381 e. The second-order valence-electron chi connectivity index (χ2n) is 6.99. The zero-order valence-corrected chi connectivity index (χ0v) is 16.4. The van der Waals surface area contributed by atoms with Crippen LogP contribution in [0, 0.1) is 0 Å². The van der Waals surface area contributed by atoms with Gasteiger partial charge in [-0.2, -0.15) is 8.42 Å². The van der Waals surface area contributed by atoms with Gasteiger partial charge in [-0.1, -0.05) is 30.3 Å². The maximum Gasteiger partial charge on any atom is 0.311 e. The maximum atomic E-state index is 12.5. The van der Waals surface area contributed by atoms with Crippen molar-refractivity contribution in [2.45, 2.75) is 18.9 Å². The molecule has 5 rings (SSSR count). The zero-order chi connectivity index (χ0) is 18.4. The van der Waals surface area contributed by atoms with Crippen molar-refractivity contribution in [3.8, 4) is 10.6 Å². The molecule has 0 unspecified atom stereocenters. The Balaban J connectivity index is 1.58. The van der Waals surface area contributed by atoms with Crippen LogP contribution in [0.15, 0.2) is 35.9 Å². The fraction of sp³-hybridized carbons (Fsp3) is 0.421. The fourth-order valence-electron chi connectivity index (χ4n) is 3.99. The molecule has 1 aliphatic carbocycles. The van der Waals surface area contributed by atoms with Crippen LogP contribution in [0.4, 0.5) is 0 Å². The lowest BCUT2D eigenvalue weighted by molar-refractivity contribution is 0.0257. The molecule has 142 valence electrons. The van der Waals surface area contributed by atoms with Gasteiger partial charge in [-0.25, -0.2) is 4.98 Å². The quantitative estimate of drug-likeness (QED) is 0.717. The van der Waals surface area contributed by atoms with Crippen LogP contribution in [0.1, 0.15) is 17.0 Å². The highest BCUT2D eigenvalue weighted by molar-refractivity contribution is 7.87. The highest BCUT2D eigenvalue weighted by Gasteiger charge is 2.41. The molecule has 2 aromatic rings.